The Balaban J connectivity index is 1.85. The van der Waals surface area contributed by atoms with Crippen molar-refractivity contribution in [1.82, 2.24) is 14.6 Å². The quantitative estimate of drug-likeness (QED) is 0.558. The molecule has 0 fully saturated rings. The first-order valence-electron chi connectivity index (χ1n) is 9.20. The number of nitrogens with zero attached hydrogens (tertiary/aromatic N) is 1. The summed E-state index contributed by atoms with van der Waals surface area (Å²) in [7, 11) is 0.387. The third kappa shape index (κ3) is 4.37. The van der Waals surface area contributed by atoms with Gasteiger partial charge in [0.1, 0.15) is 6.04 Å². The summed E-state index contributed by atoms with van der Waals surface area (Å²) in [5.74, 6) is -1.16. The number of rotatable bonds is 7. The molecule has 30 heavy (non-hydrogen) atoms. The molecule has 8 nitrogen and oxygen atoms in total. The van der Waals surface area contributed by atoms with E-state index in [0.717, 1.165) is 20.8 Å². The number of carbonyl (C=O) groups excluding carboxylic acids is 2. The maximum absolute atomic E-state index is 12.8. The topological polar surface area (TPSA) is 109 Å². The van der Waals surface area contributed by atoms with Crippen LogP contribution < -0.4 is 5.32 Å². The Bertz CT molecular complexity index is 1180. The molecule has 1 heterocycles. The average Bonchev–Trinajstić information content (AvgIpc) is 3.15. The molecule has 0 spiro atoms. The highest BCUT2D eigenvalue weighted by Crippen LogP contribution is 2.20. The first-order chi connectivity index (χ1) is 14.2. The molecule has 158 valence electrons. The van der Waals surface area contributed by atoms with Gasteiger partial charge in [0.2, 0.25) is 10.0 Å². The van der Waals surface area contributed by atoms with E-state index in [9.17, 15) is 18.0 Å². The second-order valence-electron chi connectivity index (χ2n) is 6.93. The Hall–Kier alpha value is -3.17. The van der Waals surface area contributed by atoms with Gasteiger partial charge in [0.25, 0.3) is 5.91 Å². The van der Waals surface area contributed by atoms with E-state index in [-0.39, 0.29) is 16.9 Å². The summed E-state index contributed by atoms with van der Waals surface area (Å²) in [4.78, 5) is 28.2. The summed E-state index contributed by atoms with van der Waals surface area (Å²) in [6, 6.07) is 12.4. The van der Waals surface area contributed by atoms with Crippen molar-refractivity contribution >= 4 is 32.8 Å². The highest BCUT2D eigenvalue weighted by atomic mass is 32.2. The van der Waals surface area contributed by atoms with E-state index in [1.165, 1.54) is 45.5 Å². The molecule has 0 aliphatic carbocycles. The standard InChI is InChI=1S/C21H23N3O5S/c1-24(2)30(27,28)16-8-6-7-14(11-16)20(25)23-19(21(26)29-3)12-15-13-22-18-10-5-4-9-17(15)18/h4-11,13,19,22H,12H2,1-3H3,(H,23,25)/t19-/m1/s1. The van der Waals surface area contributed by atoms with Gasteiger partial charge >= 0.3 is 5.97 Å². The monoisotopic (exact) mass is 429 g/mol. The maximum atomic E-state index is 12.8. The van der Waals surface area contributed by atoms with Crippen LogP contribution in [0.1, 0.15) is 15.9 Å². The Morgan fingerprint density at radius 2 is 1.87 bits per heavy atom. The number of esters is 1. The third-order valence-electron chi connectivity index (χ3n) is 4.76. The van der Waals surface area contributed by atoms with E-state index in [2.05, 4.69) is 10.3 Å². The molecule has 0 radical (unpaired) electrons. The lowest BCUT2D eigenvalue weighted by molar-refractivity contribution is -0.142. The highest BCUT2D eigenvalue weighted by molar-refractivity contribution is 7.89. The van der Waals surface area contributed by atoms with Gasteiger partial charge in [0, 0.05) is 43.2 Å². The van der Waals surface area contributed by atoms with Crippen molar-refractivity contribution in [3.8, 4) is 0 Å². The number of H-pyrrole nitrogens is 1. The van der Waals surface area contributed by atoms with Crippen LogP contribution in [0.2, 0.25) is 0 Å². The molecule has 3 aromatic rings. The molecular weight excluding hydrogens is 406 g/mol. The largest absolute Gasteiger partial charge is 0.467 e. The second-order valence-corrected chi connectivity index (χ2v) is 9.08. The number of methoxy groups -OCH3 is 1. The Kier molecular flexibility index (Phi) is 6.23. The predicted molar refractivity (Wildman–Crippen MR) is 113 cm³/mol. The number of sulfonamides is 1. The van der Waals surface area contributed by atoms with Crippen molar-refractivity contribution in [2.45, 2.75) is 17.4 Å². The van der Waals surface area contributed by atoms with E-state index >= 15 is 0 Å². The third-order valence-corrected chi connectivity index (χ3v) is 6.58. The fourth-order valence-electron chi connectivity index (χ4n) is 3.11. The Morgan fingerprint density at radius 3 is 2.57 bits per heavy atom. The van der Waals surface area contributed by atoms with Crippen LogP contribution in [0, 0.1) is 0 Å². The molecule has 1 aromatic heterocycles. The summed E-state index contributed by atoms with van der Waals surface area (Å²) in [6.07, 6.45) is 2.01. The maximum Gasteiger partial charge on any atom is 0.328 e. The number of para-hydroxylation sites is 1. The number of aromatic nitrogens is 1. The van der Waals surface area contributed by atoms with Gasteiger partial charge in [0.05, 0.1) is 12.0 Å². The Morgan fingerprint density at radius 1 is 1.13 bits per heavy atom. The van der Waals surface area contributed by atoms with Gasteiger partial charge in [-0.2, -0.15) is 0 Å². The molecule has 0 aliphatic heterocycles. The molecule has 0 bridgehead atoms. The molecule has 2 N–H and O–H groups in total. The van der Waals surface area contributed by atoms with Gasteiger partial charge in [-0.1, -0.05) is 24.3 Å². The zero-order valence-corrected chi connectivity index (χ0v) is 17.7. The zero-order chi connectivity index (χ0) is 21.9. The minimum absolute atomic E-state index is 0.00797. The lowest BCUT2D eigenvalue weighted by Gasteiger charge is -2.17. The number of amides is 1. The van der Waals surface area contributed by atoms with Gasteiger partial charge in [-0.3, -0.25) is 4.79 Å². The van der Waals surface area contributed by atoms with E-state index in [1.807, 2.05) is 24.3 Å². The molecule has 0 unspecified atom stereocenters. The van der Waals surface area contributed by atoms with Crippen LogP contribution in [0.5, 0.6) is 0 Å². The number of fused-ring (bicyclic) bond motifs is 1. The molecular formula is C21H23N3O5S. The van der Waals surface area contributed by atoms with Crippen LogP contribution in [0.4, 0.5) is 0 Å². The smallest absolute Gasteiger partial charge is 0.328 e. The molecule has 2 aromatic carbocycles. The van der Waals surface area contributed by atoms with E-state index in [1.54, 1.807) is 6.20 Å². The van der Waals surface area contributed by atoms with Gasteiger partial charge in [0.15, 0.2) is 0 Å². The molecule has 9 heteroatoms. The van der Waals surface area contributed by atoms with Crippen LogP contribution in [0.3, 0.4) is 0 Å². The first kappa shape index (κ1) is 21.5. The van der Waals surface area contributed by atoms with Crippen molar-refractivity contribution in [1.29, 1.82) is 0 Å². The number of ether oxygens (including phenoxy) is 1. The summed E-state index contributed by atoms with van der Waals surface area (Å²) in [5, 5.41) is 3.60. The lowest BCUT2D eigenvalue weighted by Crippen LogP contribution is -2.43. The second kappa shape index (κ2) is 8.68. The number of hydrogen-bond acceptors (Lipinski definition) is 5. The van der Waals surface area contributed by atoms with Gasteiger partial charge in [-0.15, -0.1) is 0 Å². The van der Waals surface area contributed by atoms with Gasteiger partial charge in [-0.25, -0.2) is 17.5 Å². The highest BCUT2D eigenvalue weighted by Gasteiger charge is 2.25. The SMILES string of the molecule is COC(=O)[C@@H](Cc1c[nH]c2ccccc12)NC(=O)c1cccc(S(=O)(=O)N(C)C)c1. The summed E-state index contributed by atoms with van der Waals surface area (Å²) in [6.45, 7) is 0. The summed E-state index contributed by atoms with van der Waals surface area (Å²) >= 11 is 0. The molecule has 1 amide bonds. The number of nitrogens with one attached hydrogen (secondary N) is 2. The molecule has 1 atom stereocenters. The predicted octanol–water partition coefficient (Wildman–Crippen LogP) is 1.93. The van der Waals surface area contributed by atoms with Crippen molar-refractivity contribution in [3.05, 3.63) is 65.9 Å². The van der Waals surface area contributed by atoms with Crippen LogP contribution in [-0.2, 0) is 26.0 Å². The van der Waals surface area contributed by atoms with Crippen molar-refractivity contribution in [3.63, 3.8) is 0 Å². The van der Waals surface area contributed by atoms with Crippen LogP contribution in [0.25, 0.3) is 10.9 Å². The molecule has 0 aliphatic rings. The van der Waals surface area contributed by atoms with Crippen LogP contribution in [-0.4, -0.2) is 56.8 Å². The molecule has 0 saturated carbocycles. The van der Waals surface area contributed by atoms with Crippen molar-refractivity contribution < 1.29 is 22.7 Å². The van der Waals surface area contributed by atoms with Gasteiger partial charge < -0.3 is 15.0 Å². The number of benzene rings is 2. The minimum Gasteiger partial charge on any atom is -0.467 e. The number of carbonyl (C=O) groups is 2. The summed E-state index contributed by atoms with van der Waals surface area (Å²) in [5.41, 5.74) is 1.90. The Labute approximate surface area is 174 Å². The van der Waals surface area contributed by atoms with Crippen molar-refractivity contribution in [2.24, 2.45) is 0 Å². The fourth-order valence-corrected chi connectivity index (χ4v) is 4.05. The van der Waals surface area contributed by atoms with E-state index in [4.69, 9.17) is 4.74 Å². The zero-order valence-electron chi connectivity index (χ0n) is 16.9. The van der Waals surface area contributed by atoms with Crippen molar-refractivity contribution in [2.75, 3.05) is 21.2 Å². The number of hydrogen-bond donors (Lipinski definition) is 2. The minimum atomic E-state index is -3.69. The average molecular weight is 429 g/mol. The van der Waals surface area contributed by atoms with Crippen LogP contribution >= 0.6 is 0 Å². The first-order valence-corrected chi connectivity index (χ1v) is 10.6. The fraction of sp³-hybridized carbons (Fsp3) is 0.238. The van der Waals surface area contributed by atoms with E-state index < -0.39 is 27.9 Å². The van der Waals surface area contributed by atoms with Gasteiger partial charge in [-0.05, 0) is 29.8 Å². The molecule has 0 saturated heterocycles. The van der Waals surface area contributed by atoms with Crippen LogP contribution in [0.15, 0.2) is 59.6 Å². The summed E-state index contributed by atoms with van der Waals surface area (Å²) < 4.78 is 30.6. The lowest BCUT2D eigenvalue weighted by atomic mass is 10.0. The molecule has 3 rings (SSSR count). The van der Waals surface area contributed by atoms with E-state index in [0.29, 0.717) is 0 Å². The number of aromatic amines is 1. The normalized spacial score (nSPS) is 12.7.